The standard InChI is InChI=1S/C6H12O3/c1-4-5(2)9-6(7-3)8-4/h4-6H,1-3H3/t4-,5+,6?. The molecule has 1 unspecified atom stereocenters. The van der Waals surface area contributed by atoms with E-state index in [0.717, 1.165) is 0 Å². The van der Waals surface area contributed by atoms with Gasteiger partial charge in [0.2, 0.25) is 0 Å². The van der Waals surface area contributed by atoms with Gasteiger partial charge in [-0.1, -0.05) is 0 Å². The van der Waals surface area contributed by atoms with Crippen LogP contribution in [0.5, 0.6) is 0 Å². The van der Waals surface area contributed by atoms with Gasteiger partial charge in [-0.15, -0.1) is 0 Å². The topological polar surface area (TPSA) is 27.7 Å². The van der Waals surface area contributed by atoms with Crippen molar-refractivity contribution >= 4 is 0 Å². The number of rotatable bonds is 1. The van der Waals surface area contributed by atoms with Crippen molar-refractivity contribution in [2.24, 2.45) is 0 Å². The molecule has 0 saturated carbocycles. The Bertz CT molecular complexity index is 84.3. The smallest absolute Gasteiger partial charge is 0.272 e. The van der Waals surface area contributed by atoms with Gasteiger partial charge < -0.3 is 14.2 Å². The predicted octanol–water partition coefficient (Wildman–Crippen LogP) is 0.740. The summed E-state index contributed by atoms with van der Waals surface area (Å²) in [5, 5.41) is 0. The van der Waals surface area contributed by atoms with Crippen LogP contribution in [-0.2, 0) is 14.2 Å². The molecule has 0 amide bonds. The Hall–Kier alpha value is -0.120. The highest BCUT2D eigenvalue weighted by Gasteiger charge is 2.28. The third-order valence-electron chi connectivity index (χ3n) is 1.51. The van der Waals surface area contributed by atoms with Crippen molar-refractivity contribution in [1.82, 2.24) is 0 Å². The summed E-state index contributed by atoms with van der Waals surface area (Å²) in [5.41, 5.74) is 0. The van der Waals surface area contributed by atoms with Gasteiger partial charge in [0.15, 0.2) is 0 Å². The lowest BCUT2D eigenvalue weighted by Crippen LogP contribution is -2.13. The van der Waals surface area contributed by atoms with Crippen molar-refractivity contribution in [3.8, 4) is 0 Å². The minimum absolute atomic E-state index is 0.148. The van der Waals surface area contributed by atoms with Gasteiger partial charge in [0.05, 0.1) is 12.2 Å². The van der Waals surface area contributed by atoms with Crippen molar-refractivity contribution in [2.45, 2.75) is 32.5 Å². The SMILES string of the molecule is COC1O[C@@H](C)[C@@H](C)O1. The lowest BCUT2D eigenvalue weighted by molar-refractivity contribution is -0.226. The van der Waals surface area contributed by atoms with E-state index in [1.807, 2.05) is 13.8 Å². The van der Waals surface area contributed by atoms with Crippen LogP contribution in [0.2, 0.25) is 0 Å². The van der Waals surface area contributed by atoms with E-state index in [4.69, 9.17) is 14.2 Å². The van der Waals surface area contributed by atoms with Gasteiger partial charge in [-0.25, -0.2) is 0 Å². The molecule has 1 heterocycles. The van der Waals surface area contributed by atoms with E-state index in [2.05, 4.69) is 0 Å². The van der Waals surface area contributed by atoms with E-state index in [1.165, 1.54) is 0 Å². The summed E-state index contributed by atoms with van der Waals surface area (Å²) in [6.07, 6.45) is 0.296. The fourth-order valence-corrected chi connectivity index (χ4v) is 0.715. The van der Waals surface area contributed by atoms with Crippen molar-refractivity contribution in [3.05, 3.63) is 0 Å². The van der Waals surface area contributed by atoms with Crippen LogP contribution in [0.4, 0.5) is 0 Å². The zero-order valence-electron chi connectivity index (χ0n) is 5.96. The molecular weight excluding hydrogens is 120 g/mol. The molecule has 1 aliphatic heterocycles. The fraction of sp³-hybridized carbons (Fsp3) is 1.00. The second kappa shape index (κ2) is 2.64. The first-order valence-electron chi connectivity index (χ1n) is 3.07. The lowest BCUT2D eigenvalue weighted by Gasteiger charge is -2.04. The van der Waals surface area contributed by atoms with Gasteiger partial charge in [-0.3, -0.25) is 0 Å². The van der Waals surface area contributed by atoms with Gasteiger partial charge in [-0.05, 0) is 13.8 Å². The third kappa shape index (κ3) is 1.41. The third-order valence-corrected chi connectivity index (χ3v) is 1.51. The maximum absolute atomic E-state index is 5.18. The van der Waals surface area contributed by atoms with Crippen molar-refractivity contribution in [1.29, 1.82) is 0 Å². The maximum atomic E-state index is 5.18. The van der Waals surface area contributed by atoms with Crippen LogP contribution in [0.15, 0.2) is 0 Å². The molecule has 3 atom stereocenters. The second-order valence-corrected chi connectivity index (χ2v) is 2.21. The van der Waals surface area contributed by atoms with Crippen LogP contribution in [0, 0.1) is 0 Å². The quantitative estimate of drug-likeness (QED) is 0.526. The Kier molecular flexibility index (Phi) is 2.05. The average Bonchev–Trinajstić information content (AvgIpc) is 2.13. The average molecular weight is 132 g/mol. The van der Waals surface area contributed by atoms with Crippen molar-refractivity contribution < 1.29 is 14.2 Å². The summed E-state index contributed by atoms with van der Waals surface area (Å²) in [6.45, 7) is 3.47. The molecule has 0 N–H and O–H groups in total. The molecule has 1 aliphatic rings. The van der Waals surface area contributed by atoms with Crippen LogP contribution < -0.4 is 0 Å². The van der Waals surface area contributed by atoms with Crippen LogP contribution in [-0.4, -0.2) is 25.8 Å². The normalized spacial score (nSPS) is 43.7. The molecule has 0 spiro atoms. The monoisotopic (exact) mass is 132 g/mol. The summed E-state index contributed by atoms with van der Waals surface area (Å²) >= 11 is 0. The first kappa shape index (κ1) is 6.99. The van der Waals surface area contributed by atoms with E-state index in [-0.39, 0.29) is 12.2 Å². The van der Waals surface area contributed by atoms with Crippen molar-refractivity contribution in [3.63, 3.8) is 0 Å². The first-order valence-corrected chi connectivity index (χ1v) is 3.07. The molecule has 0 aliphatic carbocycles. The molecule has 54 valence electrons. The predicted molar refractivity (Wildman–Crippen MR) is 31.9 cm³/mol. The minimum Gasteiger partial charge on any atom is -0.333 e. The molecule has 9 heavy (non-hydrogen) atoms. The number of hydrogen-bond donors (Lipinski definition) is 0. The molecule has 0 aromatic rings. The van der Waals surface area contributed by atoms with Gasteiger partial charge in [-0.2, -0.15) is 0 Å². The van der Waals surface area contributed by atoms with Gasteiger partial charge in [0.25, 0.3) is 6.48 Å². The highest BCUT2D eigenvalue weighted by Crippen LogP contribution is 2.17. The summed E-state index contributed by atoms with van der Waals surface area (Å²) in [4.78, 5) is 0. The summed E-state index contributed by atoms with van der Waals surface area (Å²) in [6, 6.07) is 0. The number of hydrogen-bond acceptors (Lipinski definition) is 3. The van der Waals surface area contributed by atoms with Gasteiger partial charge in [0, 0.05) is 7.11 Å². The van der Waals surface area contributed by atoms with Gasteiger partial charge in [0.1, 0.15) is 0 Å². The molecule has 0 bridgehead atoms. The molecule has 1 fully saturated rings. The highest BCUT2D eigenvalue weighted by atomic mass is 16.9. The molecule has 3 nitrogen and oxygen atoms in total. The molecule has 1 saturated heterocycles. The Labute approximate surface area is 54.9 Å². The molecule has 0 aromatic heterocycles. The Morgan fingerprint density at radius 1 is 1.11 bits per heavy atom. The van der Waals surface area contributed by atoms with E-state index in [1.54, 1.807) is 7.11 Å². The van der Waals surface area contributed by atoms with Gasteiger partial charge >= 0.3 is 0 Å². The van der Waals surface area contributed by atoms with E-state index >= 15 is 0 Å². The van der Waals surface area contributed by atoms with E-state index in [0.29, 0.717) is 0 Å². The molecular formula is C6H12O3. The largest absolute Gasteiger partial charge is 0.333 e. The zero-order valence-corrected chi connectivity index (χ0v) is 5.96. The minimum atomic E-state index is -0.449. The second-order valence-electron chi connectivity index (χ2n) is 2.21. The van der Waals surface area contributed by atoms with Crippen LogP contribution in [0.1, 0.15) is 13.8 Å². The molecule has 0 radical (unpaired) electrons. The van der Waals surface area contributed by atoms with Crippen molar-refractivity contribution in [2.75, 3.05) is 7.11 Å². The van der Waals surface area contributed by atoms with Crippen LogP contribution in [0.3, 0.4) is 0 Å². The number of methoxy groups -OCH3 is 1. The lowest BCUT2D eigenvalue weighted by atomic mass is 10.3. The first-order chi connectivity index (χ1) is 4.24. The van der Waals surface area contributed by atoms with Crippen LogP contribution >= 0.6 is 0 Å². The zero-order chi connectivity index (χ0) is 6.85. The Balaban J connectivity index is 2.35. The highest BCUT2D eigenvalue weighted by molar-refractivity contribution is 4.64. The van der Waals surface area contributed by atoms with E-state index < -0.39 is 6.48 Å². The Morgan fingerprint density at radius 2 is 1.56 bits per heavy atom. The Morgan fingerprint density at radius 3 is 1.78 bits per heavy atom. The summed E-state index contributed by atoms with van der Waals surface area (Å²) in [7, 11) is 1.56. The summed E-state index contributed by atoms with van der Waals surface area (Å²) < 4.78 is 15.2. The molecule has 1 rings (SSSR count). The van der Waals surface area contributed by atoms with Crippen LogP contribution in [0.25, 0.3) is 0 Å². The number of ether oxygens (including phenoxy) is 3. The maximum Gasteiger partial charge on any atom is 0.272 e. The fourth-order valence-electron chi connectivity index (χ4n) is 0.715. The molecule has 3 heteroatoms. The summed E-state index contributed by atoms with van der Waals surface area (Å²) in [5.74, 6) is 0. The van der Waals surface area contributed by atoms with E-state index in [9.17, 15) is 0 Å². The molecule has 0 aromatic carbocycles.